The highest BCUT2D eigenvalue weighted by Crippen LogP contribution is 2.31. The van der Waals surface area contributed by atoms with Gasteiger partial charge in [-0.05, 0) is 24.6 Å². The maximum Gasteiger partial charge on any atom is 0.416 e. The van der Waals surface area contributed by atoms with Gasteiger partial charge in [-0.1, -0.05) is 42.5 Å². The van der Waals surface area contributed by atoms with E-state index in [9.17, 15) is 23.1 Å². The van der Waals surface area contributed by atoms with Gasteiger partial charge in [0.1, 0.15) is 0 Å². The lowest BCUT2D eigenvalue weighted by Crippen LogP contribution is -2.55. The zero-order chi connectivity index (χ0) is 20.1. The molecule has 0 spiro atoms. The Balaban J connectivity index is 2.26. The van der Waals surface area contributed by atoms with Crippen LogP contribution in [0.4, 0.5) is 13.2 Å². The van der Waals surface area contributed by atoms with Crippen molar-refractivity contribution in [1.82, 2.24) is 5.32 Å². The number of nitrogens with two attached hydrogens (primary N) is 1. The topological polar surface area (TPSA) is 84.6 Å². The summed E-state index contributed by atoms with van der Waals surface area (Å²) in [5, 5.41) is 13.1. The van der Waals surface area contributed by atoms with E-state index in [0.29, 0.717) is 5.56 Å². The van der Waals surface area contributed by atoms with Crippen molar-refractivity contribution in [2.75, 3.05) is 13.2 Å². The molecule has 0 saturated carbocycles. The molecule has 1 amide bonds. The summed E-state index contributed by atoms with van der Waals surface area (Å²) in [6.07, 6.45) is -5.83. The molecule has 146 valence electrons. The molecule has 2 aromatic carbocycles. The van der Waals surface area contributed by atoms with Crippen molar-refractivity contribution < 1.29 is 27.8 Å². The van der Waals surface area contributed by atoms with E-state index in [1.54, 1.807) is 37.3 Å². The lowest BCUT2D eigenvalue weighted by atomic mass is 10.00. The molecule has 2 atom stereocenters. The van der Waals surface area contributed by atoms with Crippen molar-refractivity contribution in [2.45, 2.75) is 24.9 Å². The van der Waals surface area contributed by atoms with Crippen LogP contribution in [0.5, 0.6) is 0 Å². The van der Waals surface area contributed by atoms with Gasteiger partial charge < -0.3 is 15.6 Å². The van der Waals surface area contributed by atoms with Gasteiger partial charge in [-0.2, -0.15) is 13.2 Å². The van der Waals surface area contributed by atoms with Crippen molar-refractivity contribution in [3.05, 3.63) is 71.3 Å². The van der Waals surface area contributed by atoms with Crippen molar-refractivity contribution in [3.63, 3.8) is 0 Å². The second-order valence-electron chi connectivity index (χ2n) is 5.86. The summed E-state index contributed by atoms with van der Waals surface area (Å²) in [4.78, 5) is 12.2. The normalized spacial score (nSPS) is 15.1. The molecule has 0 aliphatic heterocycles. The number of carbonyl (C=O) groups is 1. The van der Waals surface area contributed by atoms with E-state index in [0.717, 1.165) is 12.1 Å². The SMILES string of the molecule is CCOC(NCC(O)c1cccc(C(F)(F)F)c1)(C(N)=O)c1ccccc1. The number of carbonyl (C=O) groups excluding carboxylic acids is 1. The number of halogens is 3. The molecule has 0 aliphatic rings. The second kappa shape index (κ2) is 8.51. The molecule has 0 aliphatic carbocycles. The number of primary amides is 1. The molecule has 27 heavy (non-hydrogen) atoms. The molecular formula is C19H21F3N2O3. The molecular weight excluding hydrogens is 361 g/mol. The van der Waals surface area contributed by atoms with Gasteiger partial charge in [-0.25, -0.2) is 0 Å². The Bertz CT molecular complexity index is 768. The molecule has 0 aromatic heterocycles. The molecule has 4 N–H and O–H groups in total. The number of benzene rings is 2. The Labute approximate surface area is 154 Å². The minimum absolute atomic E-state index is 0.0558. The summed E-state index contributed by atoms with van der Waals surface area (Å²) in [5.74, 6) is -0.827. The third-order valence-corrected chi connectivity index (χ3v) is 4.03. The van der Waals surface area contributed by atoms with Gasteiger partial charge in [0, 0.05) is 18.7 Å². The van der Waals surface area contributed by atoms with Crippen LogP contribution >= 0.6 is 0 Å². The van der Waals surface area contributed by atoms with Gasteiger partial charge in [0.05, 0.1) is 11.7 Å². The van der Waals surface area contributed by atoms with Crippen molar-refractivity contribution in [2.24, 2.45) is 5.73 Å². The quantitative estimate of drug-likeness (QED) is 0.613. The highest BCUT2D eigenvalue weighted by atomic mass is 19.4. The molecule has 5 nitrogen and oxygen atoms in total. The van der Waals surface area contributed by atoms with Gasteiger partial charge in [0.15, 0.2) is 0 Å². The smallest absolute Gasteiger partial charge is 0.387 e. The van der Waals surface area contributed by atoms with E-state index < -0.39 is 29.5 Å². The molecule has 0 fully saturated rings. The van der Waals surface area contributed by atoms with E-state index in [-0.39, 0.29) is 18.7 Å². The summed E-state index contributed by atoms with van der Waals surface area (Å²) < 4.78 is 44.1. The number of nitrogens with one attached hydrogen (secondary N) is 1. The van der Waals surface area contributed by atoms with Crippen LogP contribution in [0.1, 0.15) is 29.7 Å². The molecule has 2 unspecified atom stereocenters. The maximum atomic E-state index is 12.9. The maximum absolute atomic E-state index is 12.9. The van der Waals surface area contributed by atoms with Gasteiger partial charge >= 0.3 is 6.18 Å². The fourth-order valence-electron chi connectivity index (χ4n) is 2.71. The van der Waals surface area contributed by atoms with Crippen LogP contribution in [0.25, 0.3) is 0 Å². The van der Waals surface area contributed by atoms with E-state index >= 15 is 0 Å². The first-order valence-electron chi connectivity index (χ1n) is 8.30. The average molecular weight is 382 g/mol. The summed E-state index contributed by atoms with van der Waals surface area (Å²) >= 11 is 0. The Morgan fingerprint density at radius 1 is 1.15 bits per heavy atom. The number of aliphatic hydroxyl groups is 1. The standard InChI is InChI=1S/C19H21F3N2O3/c1-2-27-18(17(23)26,14-8-4-3-5-9-14)24-12-16(25)13-7-6-10-15(11-13)19(20,21)22/h3-11,16,24-25H,2,12H2,1H3,(H2,23,26). The summed E-state index contributed by atoms with van der Waals surface area (Å²) in [6, 6.07) is 12.8. The van der Waals surface area contributed by atoms with E-state index in [4.69, 9.17) is 10.5 Å². The second-order valence-corrected chi connectivity index (χ2v) is 5.86. The summed E-state index contributed by atoms with van der Waals surface area (Å²) in [5.41, 5.74) is 3.44. The largest absolute Gasteiger partial charge is 0.416 e. The number of rotatable bonds is 8. The minimum atomic E-state index is -4.52. The first-order valence-corrected chi connectivity index (χ1v) is 8.30. The van der Waals surface area contributed by atoms with Gasteiger partial charge in [-0.3, -0.25) is 10.1 Å². The summed E-state index contributed by atoms with van der Waals surface area (Å²) in [7, 11) is 0. The van der Waals surface area contributed by atoms with Crippen molar-refractivity contribution in [1.29, 1.82) is 0 Å². The van der Waals surface area contributed by atoms with Crippen molar-refractivity contribution in [3.8, 4) is 0 Å². The predicted molar refractivity (Wildman–Crippen MR) is 93.3 cm³/mol. The lowest BCUT2D eigenvalue weighted by Gasteiger charge is -2.32. The third kappa shape index (κ3) is 4.85. The van der Waals surface area contributed by atoms with Crippen LogP contribution in [-0.2, 0) is 21.4 Å². The van der Waals surface area contributed by atoms with E-state index in [1.807, 2.05) is 0 Å². The molecule has 0 bridgehead atoms. The predicted octanol–water partition coefficient (Wildman–Crippen LogP) is 2.70. The molecule has 2 aromatic rings. The van der Waals surface area contributed by atoms with Gasteiger partial charge in [0.25, 0.3) is 5.91 Å². The van der Waals surface area contributed by atoms with Crippen LogP contribution in [0.3, 0.4) is 0 Å². The fraction of sp³-hybridized carbons (Fsp3) is 0.316. The number of hydrogen-bond acceptors (Lipinski definition) is 4. The van der Waals surface area contributed by atoms with Crippen LogP contribution in [0.15, 0.2) is 54.6 Å². The minimum Gasteiger partial charge on any atom is -0.387 e. The fourth-order valence-corrected chi connectivity index (χ4v) is 2.71. The molecule has 0 saturated heterocycles. The summed E-state index contributed by atoms with van der Waals surface area (Å²) in [6.45, 7) is 1.56. The molecule has 8 heteroatoms. The van der Waals surface area contributed by atoms with Crippen LogP contribution in [0, 0.1) is 0 Å². The average Bonchev–Trinajstić information content (AvgIpc) is 2.64. The highest BCUT2D eigenvalue weighted by molar-refractivity contribution is 5.84. The highest BCUT2D eigenvalue weighted by Gasteiger charge is 2.40. The first kappa shape index (κ1) is 20.9. The number of ether oxygens (including phenoxy) is 1. The van der Waals surface area contributed by atoms with Gasteiger partial charge in [-0.15, -0.1) is 0 Å². The molecule has 0 radical (unpaired) electrons. The third-order valence-electron chi connectivity index (χ3n) is 4.03. The zero-order valence-corrected chi connectivity index (χ0v) is 14.7. The van der Waals surface area contributed by atoms with Crippen LogP contribution < -0.4 is 11.1 Å². The monoisotopic (exact) mass is 382 g/mol. The molecule has 0 heterocycles. The van der Waals surface area contributed by atoms with E-state index in [2.05, 4.69) is 5.32 Å². The van der Waals surface area contributed by atoms with Crippen LogP contribution in [-0.4, -0.2) is 24.2 Å². The number of alkyl halides is 3. The van der Waals surface area contributed by atoms with Gasteiger partial charge in [0.2, 0.25) is 5.72 Å². The number of aliphatic hydroxyl groups excluding tert-OH is 1. The number of amides is 1. The Hall–Kier alpha value is -2.42. The van der Waals surface area contributed by atoms with Crippen LogP contribution in [0.2, 0.25) is 0 Å². The zero-order valence-electron chi connectivity index (χ0n) is 14.7. The first-order chi connectivity index (χ1) is 12.7. The van der Waals surface area contributed by atoms with E-state index in [1.165, 1.54) is 12.1 Å². The Morgan fingerprint density at radius 2 is 1.78 bits per heavy atom. The van der Waals surface area contributed by atoms with Crippen molar-refractivity contribution >= 4 is 5.91 Å². The lowest BCUT2D eigenvalue weighted by molar-refractivity contribution is -0.151. The Morgan fingerprint density at radius 3 is 2.33 bits per heavy atom. The molecule has 2 rings (SSSR count). The number of hydrogen-bond donors (Lipinski definition) is 3. The Kier molecular flexibility index (Phi) is 6.59.